The van der Waals surface area contributed by atoms with E-state index in [1.54, 1.807) is 12.1 Å². The fourth-order valence-electron chi connectivity index (χ4n) is 4.11. The van der Waals surface area contributed by atoms with Gasteiger partial charge in [0.1, 0.15) is 11.9 Å². The molecule has 1 heterocycles. The summed E-state index contributed by atoms with van der Waals surface area (Å²) >= 11 is 0. The minimum Gasteiger partial charge on any atom is -0.393 e. The number of rotatable bonds is 3. The molecule has 1 aromatic carbocycles. The van der Waals surface area contributed by atoms with Crippen LogP contribution in [0, 0.1) is 23.1 Å². The van der Waals surface area contributed by atoms with Gasteiger partial charge in [0, 0.05) is 18.5 Å². The summed E-state index contributed by atoms with van der Waals surface area (Å²) in [4.78, 5) is 2.41. The average Bonchev–Trinajstić information content (AvgIpc) is 2.97. The van der Waals surface area contributed by atoms with Crippen molar-refractivity contribution in [1.29, 1.82) is 5.26 Å². The minimum absolute atomic E-state index is 0.117. The number of aliphatic hydroxyl groups excluding tert-OH is 1. The molecule has 0 radical (unpaired) electrons. The molecule has 2 fully saturated rings. The summed E-state index contributed by atoms with van der Waals surface area (Å²) in [5.74, 6) is -0.0842. The van der Waals surface area contributed by atoms with E-state index in [0.717, 1.165) is 50.8 Å². The molecule has 118 valence electrons. The van der Waals surface area contributed by atoms with Crippen LogP contribution in [0.2, 0.25) is 0 Å². The molecule has 0 amide bonds. The lowest BCUT2D eigenvalue weighted by Crippen LogP contribution is -2.42. The Balaban J connectivity index is 1.72. The summed E-state index contributed by atoms with van der Waals surface area (Å²) in [5, 5.41) is 19.3. The van der Waals surface area contributed by atoms with Crippen molar-refractivity contribution in [2.45, 2.75) is 57.2 Å². The van der Waals surface area contributed by atoms with Gasteiger partial charge in [0.05, 0.1) is 11.7 Å². The molecule has 1 aromatic rings. The third-order valence-electron chi connectivity index (χ3n) is 5.23. The second-order valence-corrected chi connectivity index (χ2v) is 6.62. The Morgan fingerprint density at radius 3 is 2.82 bits per heavy atom. The van der Waals surface area contributed by atoms with Gasteiger partial charge in [-0.1, -0.05) is 18.9 Å². The Morgan fingerprint density at radius 2 is 2.05 bits per heavy atom. The van der Waals surface area contributed by atoms with Crippen molar-refractivity contribution in [3.63, 3.8) is 0 Å². The van der Waals surface area contributed by atoms with Gasteiger partial charge in [-0.15, -0.1) is 0 Å². The second-order valence-electron chi connectivity index (χ2n) is 6.62. The second kappa shape index (κ2) is 6.76. The lowest BCUT2D eigenvalue weighted by molar-refractivity contribution is 0.0201. The number of nitrogens with zero attached hydrogens (tertiary/aromatic N) is 2. The largest absolute Gasteiger partial charge is 0.393 e. The Morgan fingerprint density at radius 1 is 1.23 bits per heavy atom. The van der Waals surface area contributed by atoms with Crippen LogP contribution < -0.4 is 0 Å². The summed E-state index contributed by atoms with van der Waals surface area (Å²) in [7, 11) is 0. The molecule has 2 aliphatic rings. The molecule has 22 heavy (non-hydrogen) atoms. The van der Waals surface area contributed by atoms with Gasteiger partial charge < -0.3 is 5.11 Å². The number of aliphatic hydroxyl groups is 1. The van der Waals surface area contributed by atoms with Crippen LogP contribution in [0.25, 0.3) is 0 Å². The van der Waals surface area contributed by atoms with Gasteiger partial charge in [-0.3, -0.25) is 4.90 Å². The zero-order chi connectivity index (χ0) is 15.5. The molecule has 0 aromatic heterocycles. The zero-order valence-electron chi connectivity index (χ0n) is 12.8. The van der Waals surface area contributed by atoms with Gasteiger partial charge in [0.15, 0.2) is 0 Å². The molecule has 3 atom stereocenters. The molecule has 4 heteroatoms. The van der Waals surface area contributed by atoms with Crippen molar-refractivity contribution < 1.29 is 9.50 Å². The maximum atomic E-state index is 13.4. The highest BCUT2D eigenvalue weighted by Crippen LogP contribution is 2.35. The van der Waals surface area contributed by atoms with Gasteiger partial charge >= 0.3 is 0 Å². The first-order valence-corrected chi connectivity index (χ1v) is 8.29. The number of hydrogen-bond acceptors (Lipinski definition) is 3. The Bertz CT molecular complexity index is 569. The van der Waals surface area contributed by atoms with Crippen LogP contribution in [0.15, 0.2) is 18.2 Å². The van der Waals surface area contributed by atoms with Crippen molar-refractivity contribution in [1.82, 2.24) is 4.90 Å². The summed E-state index contributed by atoms with van der Waals surface area (Å²) in [6, 6.07) is 7.14. The third-order valence-corrected chi connectivity index (χ3v) is 5.23. The number of likely N-dealkylation sites (tertiary alicyclic amines) is 1. The van der Waals surface area contributed by atoms with Crippen LogP contribution in [0.1, 0.15) is 49.7 Å². The van der Waals surface area contributed by atoms with Gasteiger partial charge in [-0.2, -0.15) is 5.26 Å². The van der Waals surface area contributed by atoms with E-state index in [1.807, 2.05) is 6.07 Å². The molecule has 3 nitrogen and oxygen atoms in total. The third kappa shape index (κ3) is 3.16. The number of nitriles is 1. The molecule has 3 rings (SSSR count). The van der Waals surface area contributed by atoms with Gasteiger partial charge in [-0.05, 0) is 49.9 Å². The van der Waals surface area contributed by atoms with E-state index in [0.29, 0.717) is 12.0 Å². The molecule has 1 N–H and O–H groups in total. The maximum Gasteiger partial charge on any atom is 0.140 e. The van der Waals surface area contributed by atoms with Crippen LogP contribution >= 0.6 is 0 Å². The lowest BCUT2D eigenvalue weighted by Gasteiger charge is -2.37. The van der Waals surface area contributed by atoms with E-state index in [2.05, 4.69) is 4.90 Å². The van der Waals surface area contributed by atoms with E-state index >= 15 is 0 Å². The number of hydrogen-bond donors (Lipinski definition) is 1. The SMILES string of the molecule is N#Cc1cc(CN2CCC[C@@H]2[C@@H]2CCCC[C@@H]2O)ccc1F. The molecular formula is C18H23FN2O. The fraction of sp³-hybridized carbons (Fsp3) is 0.611. The topological polar surface area (TPSA) is 47.3 Å². The van der Waals surface area contributed by atoms with Crippen molar-refractivity contribution in [2.75, 3.05) is 6.54 Å². The average molecular weight is 302 g/mol. The highest BCUT2D eigenvalue weighted by Gasteiger charge is 2.36. The smallest absolute Gasteiger partial charge is 0.140 e. The first-order chi connectivity index (χ1) is 10.7. The molecule has 1 aliphatic carbocycles. The van der Waals surface area contributed by atoms with Crippen LogP contribution in [0.3, 0.4) is 0 Å². The Kier molecular flexibility index (Phi) is 4.75. The highest BCUT2D eigenvalue weighted by molar-refractivity contribution is 5.34. The first kappa shape index (κ1) is 15.5. The normalized spacial score (nSPS) is 29.4. The highest BCUT2D eigenvalue weighted by atomic mass is 19.1. The predicted octanol–water partition coefficient (Wildman–Crippen LogP) is 3.21. The van der Waals surface area contributed by atoms with Crippen molar-refractivity contribution in [2.24, 2.45) is 5.92 Å². The van der Waals surface area contributed by atoms with Crippen LogP contribution in [-0.4, -0.2) is 28.7 Å². The quantitative estimate of drug-likeness (QED) is 0.932. The van der Waals surface area contributed by atoms with Crippen molar-refractivity contribution >= 4 is 0 Å². The van der Waals surface area contributed by atoms with E-state index in [4.69, 9.17) is 5.26 Å². The van der Waals surface area contributed by atoms with E-state index < -0.39 is 5.82 Å². The standard InChI is InChI=1S/C18H23FN2O/c19-16-8-7-13(10-14(16)11-20)12-21-9-3-5-17(21)15-4-1-2-6-18(15)22/h7-8,10,15,17-18,22H,1-6,9,12H2/t15-,17+,18-/m0/s1. The maximum absolute atomic E-state index is 13.4. The van der Waals surface area contributed by atoms with Crippen molar-refractivity contribution in [3.05, 3.63) is 35.1 Å². The fourth-order valence-corrected chi connectivity index (χ4v) is 4.11. The molecule has 0 bridgehead atoms. The van der Waals surface area contributed by atoms with E-state index in [-0.39, 0.29) is 11.7 Å². The van der Waals surface area contributed by atoms with Crippen molar-refractivity contribution in [3.8, 4) is 6.07 Å². The molecule has 0 spiro atoms. The Labute approximate surface area is 131 Å². The molecule has 0 unspecified atom stereocenters. The number of halogens is 1. The molecule has 1 saturated heterocycles. The summed E-state index contributed by atoms with van der Waals surface area (Å²) < 4.78 is 13.4. The summed E-state index contributed by atoms with van der Waals surface area (Å²) in [6.07, 6.45) is 6.48. The minimum atomic E-state index is -0.452. The Hall–Kier alpha value is -1.44. The van der Waals surface area contributed by atoms with Gasteiger partial charge in [-0.25, -0.2) is 4.39 Å². The van der Waals surface area contributed by atoms with Gasteiger partial charge in [0.2, 0.25) is 0 Å². The molecule has 1 saturated carbocycles. The van der Waals surface area contributed by atoms with E-state index in [1.165, 1.54) is 12.5 Å². The predicted molar refractivity (Wildman–Crippen MR) is 82.5 cm³/mol. The lowest BCUT2D eigenvalue weighted by atomic mass is 9.80. The molecular weight excluding hydrogens is 279 g/mol. The number of benzene rings is 1. The van der Waals surface area contributed by atoms with Crippen LogP contribution in [0.5, 0.6) is 0 Å². The zero-order valence-corrected chi connectivity index (χ0v) is 12.8. The molecule has 1 aliphatic heterocycles. The van der Waals surface area contributed by atoms with Crippen LogP contribution in [-0.2, 0) is 6.54 Å². The first-order valence-electron chi connectivity index (χ1n) is 8.29. The summed E-state index contributed by atoms with van der Waals surface area (Å²) in [5.41, 5.74) is 1.10. The summed E-state index contributed by atoms with van der Waals surface area (Å²) in [6.45, 7) is 1.76. The van der Waals surface area contributed by atoms with Gasteiger partial charge in [0.25, 0.3) is 0 Å². The van der Waals surface area contributed by atoms with E-state index in [9.17, 15) is 9.50 Å². The monoisotopic (exact) mass is 302 g/mol. The van der Waals surface area contributed by atoms with Crippen LogP contribution in [0.4, 0.5) is 4.39 Å².